The molecule has 0 spiro atoms. The highest BCUT2D eigenvalue weighted by Gasteiger charge is 2.08. The van der Waals surface area contributed by atoms with E-state index in [1.807, 2.05) is 24.3 Å². The molecule has 0 unspecified atom stereocenters. The van der Waals surface area contributed by atoms with Crippen LogP contribution in [0.3, 0.4) is 0 Å². The molecule has 0 bridgehead atoms. The van der Waals surface area contributed by atoms with E-state index in [0.717, 1.165) is 11.1 Å². The van der Waals surface area contributed by atoms with Gasteiger partial charge >= 0.3 is 0 Å². The maximum absolute atomic E-state index is 8.96. The third-order valence-electron chi connectivity index (χ3n) is 2.94. The smallest absolute Gasteiger partial charge is 0.151 e. The molecule has 0 heterocycles. The molecule has 0 aliphatic rings. The van der Waals surface area contributed by atoms with Gasteiger partial charge in [0.1, 0.15) is 6.07 Å². The lowest BCUT2D eigenvalue weighted by Crippen LogP contribution is -2.23. The zero-order chi connectivity index (χ0) is 15.4. The average Bonchev–Trinajstić information content (AvgIpc) is 2.51. The van der Waals surface area contributed by atoms with Crippen molar-refractivity contribution in [2.24, 2.45) is 11.6 Å². The Bertz CT molecular complexity index is 748. The van der Waals surface area contributed by atoms with Crippen molar-refractivity contribution < 1.29 is 0 Å². The van der Waals surface area contributed by atoms with Gasteiger partial charge in [-0.05, 0) is 29.8 Å². The fraction of sp³-hybridized carbons (Fsp3) is 0. The summed E-state index contributed by atoms with van der Waals surface area (Å²) in [5.74, 6) is 5.27. The maximum Gasteiger partial charge on any atom is 0.151 e. The number of nitrogens with two attached hydrogens (primary N) is 2. The fourth-order valence-electron chi connectivity index (χ4n) is 1.89. The number of allylic oxidation sites excluding steroid dienone is 1. The Kier molecular flexibility index (Phi) is 4.71. The molecule has 4 nitrogen and oxygen atoms in total. The molecule has 106 valence electrons. The van der Waals surface area contributed by atoms with Gasteiger partial charge in [0.25, 0.3) is 0 Å². The second kappa shape index (κ2) is 6.51. The average molecular weight is 319 g/mol. The minimum Gasteiger partial charge on any atom is -0.396 e. The van der Waals surface area contributed by atoms with E-state index >= 15 is 0 Å². The molecule has 0 saturated carbocycles. The number of hydrogen-bond donors (Lipinski definition) is 3. The van der Waals surface area contributed by atoms with Crippen molar-refractivity contribution >= 4 is 28.9 Å². The van der Waals surface area contributed by atoms with Crippen LogP contribution in [-0.2, 0) is 0 Å². The Morgan fingerprint density at radius 3 is 2.57 bits per heavy atom. The van der Waals surface area contributed by atoms with E-state index in [1.54, 1.807) is 24.3 Å². The number of benzene rings is 2. The van der Waals surface area contributed by atoms with Crippen molar-refractivity contribution in [2.45, 2.75) is 0 Å². The molecule has 0 radical (unpaired) electrons. The summed E-state index contributed by atoms with van der Waals surface area (Å²) >= 11 is 12.2. The molecule has 0 aromatic heterocycles. The van der Waals surface area contributed by atoms with Crippen LogP contribution in [0.5, 0.6) is 0 Å². The first kappa shape index (κ1) is 15.2. The summed E-state index contributed by atoms with van der Waals surface area (Å²) in [6.07, 6.45) is 0. The minimum atomic E-state index is 0.101. The predicted molar refractivity (Wildman–Crippen MR) is 85.9 cm³/mol. The quantitative estimate of drug-likeness (QED) is 0.460. The van der Waals surface area contributed by atoms with E-state index < -0.39 is 0 Å². The number of halogens is 2. The van der Waals surface area contributed by atoms with Crippen LogP contribution in [0.1, 0.15) is 5.56 Å². The molecule has 0 amide bonds. The predicted octanol–water partition coefficient (Wildman–Crippen LogP) is 3.27. The normalized spacial score (nSPS) is 11.5. The van der Waals surface area contributed by atoms with Crippen molar-refractivity contribution in [2.75, 3.05) is 0 Å². The molecular formula is C15H12Cl2N4. The van der Waals surface area contributed by atoms with Crippen LogP contribution in [0.25, 0.3) is 16.8 Å². The molecule has 5 N–H and O–H groups in total. The molecule has 0 fully saturated rings. The van der Waals surface area contributed by atoms with E-state index in [4.69, 9.17) is 40.0 Å². The lowest BCUT2D eigenvalue weighted by atomic mass is 10.0. The van der Waals surface area contributed by atoms with Crippen LogP contribution in [-0.4, -0.2) is 0 Å². The Hall–Kier alpha value is -2.19. The van der Waals surface area contributed by atoms with Gasteiger partial charge in [-0.3, -0.25) is 0 Å². The van der Waals surface area contributed by atoms with E-state index in [9.17, 15) is 0 Å². The third kappa shape index (κ3) is 3.29. The van der Waals surface area contributed by atoms with Gasteiger partial charge in [0.05, 0.1) is 5.70 Å². The number of nitrogens with one attached hydrogen (secondary N) is 1. The standard InChI is InChI=1S/C15H12Cl2N4/c16-11-4-5-13(17)12(7-11)9-2-1-3-10(6-9)15(19)14(8-18)21-20/h1-7,21H,19-20H2/b15-14-. The molecule has 6 heteroatoms. The van der Waals surface area contributed by atoms with E-state index in [0.29, 0.717) is 15.6 Å². The van der Waals surface area contributed by atoms with Crippen molar-refractivity contribution in [3.8, 4) is 17.2 Å². The lowest BCUT2D eigenvalue weighted by molar-refractivity contribution is 0.920. The summed E-state index contributed by atoms with van der Waals surface area (Å²) in [6.45, 7) is 0. The third-order valence-corrected chi connectivity index (χ3v) is 3.50. The molecule has 2 aromatic rings. The van der Waals surface area contributed by atoms with Gasteiger partial charge in [-0.1, -0.05) is 41.4 Å². The van der Waals surface area contributed by atoms with E-state index in [-0.39, 0.29) is 11.4 Å². The number of hydrazine groups is 1. The van der Waals surface area contributed by atoms with Gasteiger partial charge in [-0.25, -0.2) is 5.84 Å². The Labute approximate surface area is 132 Å². The fourth-order valence-corrected chi connectivity index (χ4v) is 2.29. The van der Waals surface area contributed by atoms with Crippen LogP contribution in [0, 0.1) is 11.3 Å². The summed E-state index contributed by atoms with van der Waals surface area (Å²) < 4.78 is 0. The molecule has 21 heavy (non-hydrogen) atoms. The summed E-state index contributed by atoms with van der Waals surface area (Å²) in [5, 5.41) is 10.1. The lowest BCUT2D eigenvalue weighted by Gasteiger charge is -2.09. The highest BCUT2D eigenvalue weighted by molar-refractivity contribution is 6.35. The summed E-state index contributed by atoms with van der Waals surface area (Å²) in [4.78, 5) is 0. The number of nitrogens with zero attached hydrogens (tertiary/aromatic N) is 1. The summed E-state index contributed by atoms with van der Waals surface area (Å²) in [6, 6.07) is 14.4. The van der Waals surface area contributed by atoms with Crippen LogP contribution >= 0.6 is 23.2 Å². The van der Waals surface area contributed by atoms with Crippen LogP contribution in [0.15, 0.2) is 48.2 Å². The Morgan fingerprint density at radius 2 is 1.90 bits per heavy atom. The monoisotopic (exact) mass is 318 g/mol. The molecule has 0 atom stereocenters. The number of nitriles is 1. The largest absolute Gasteiger partial charge is 0.396 e. The molecule has 2 aromatic carbocycles. The second-order valence-corrected chi connectivity index (χ2v) is 5.09. The minimum absolute atomic E-state index is 0.101. The van der Waals surface area contributed by atoms with Gasteiger partial charge in [0.15, 0.2) is 5.70 Å². The number of rotatable bonds is 3. The van der Waals surface area contributed by atoms with Gasteiger partial charge < -0.3 is 11.2 Å². The van der Waals surface area contributed by atoms with E-state index in [2.05, 4.69) is 5.43 Å². The van der Waals surface area contributed by atoms with Crippen molar-refractivity contribution in [1.82, 2.24) is 5.43 Å². The molecule has 0 saturated heterocycles. The highest BCUT2D eigenvalue weighted by Crippen LogP contribution is 2.31. The van der Waals surface area contributed by atoms with Crippen LogP contribution in [0.2, 0.25) is 10.0 Å². The zero-order valence-corrected chi connectivity index (χ0v) is 12.4. The summed E-state index contributed by atoms with van der Waals surface area (Å²) in [5.41, 5.74) is 10.9. The van der Waals surface area contributed by atoms with Gasteiger partial charge in [-0.2, -0.15) is 5.26 Å². The Balaban J connectivity index is 2.55. The van der Waals surface area contributed by atoms with Crippen LogP contribution in [0.4, 0.5) is 0 Å². The first-order chi connectivity index (χ1) is 10.1. The second-order valence-electron chi connectivity index (χ2n) is 4.25. The topological polar surface area (TPSA) is 87.9 Å². The van der Waals surface area contributed by atoms with Crippen molar-refractivity contribution in [1.29, 1.82) is 5.26 Å². The van der Waals surface area contributed by atoms with E-state index in [1.165, 1.54) is 0 Å². The van der Waals surface area contributed by atoms with Crippen molar-refractivity contribution in [3.63, 3.8) is 0 Å². The van der Waals surface area contributed by atoms with Gasteiger partial charge in [0.2, 0.25) is 0 Å². The zero-order valence-electron chi connectivity index (χ0n) is 10.9. The first-order valence-corrected chi connectivity index (χ1v) is 6.74. The maximum atomic E-state index is 8.96. The first-order valence-electron chi connectivity index (χ1n) is 5.99. The van der Waals surface area contributed by atoms with Gasteiger partial charge in [0, 0.05) is 21.2 Å². The van der Waals surface area contributed by atoms with Crippen molar-refractivity contribution in [3.05, 3.63) is 63.8 Å². The summed E-state index contributed by atoms with van der Waals surface area (Å²) in [7, 11) is 0. The Morgan fingerprint density at radius 1 is 1.14 bits per heavy atom. The molecule has 0 aliphatic heterocycles. The van der Waals surface area contributed by atoms with Crippen LogP contribution < -0.4 is 17.0 Å². The SMILES string of the molecule is N#C/C(NN)=C(/N)c1cccc(-c2cc(Cl)ccc2Cl)c1. The number of hydrogen-bond acceptors (Lipinski definition) is 4. The molecule has 0 aliphatic carbocycles. The van der Waals surface area contributed by atoms with Gasteiger partial charge in [-0.15, -0.1) is 0 Å². The highest BCUT2D eigenvalue weighted by atomic mass is 35.5. The molecule has 2 rings (SSSR count). The molecular weight excluding hydrogens is 307 g/mol.